The van der Waals surface area contributed by atoms with E-state index >= 15 is 0 Å². The molecule has 4 rings (SSSR count). The number of methoxy groups -OCH3 is 1. The third kappa shape index (κ3) is 2.75. The summed E-state index contributed by atoms with van der Waals surface area (Å²) in [6.07, 6.45) is 3.22. The molecule has 2 heterocycles. The fraction of sp³-hybridized carbons (Fsp3) is 0.350. The number of ether oxygens (including phenoxy) is 1. The van der Waals surface area contributed by atoms with E-state index in [1.54, 1.807) is 7.11 Å². The first-order valence-electron chi connectivity index (χ1n) is 8.66. The summed E-state index contributed by atoms with van der Waals surface area (Å²) in [5, 5.41) is 11.7. The second-order valence-electron chi connectivity index (χ2n) is 6.61. The summed E-state index contributed by atoms with van der Waals surface area (Å²) in [5.74, 6) is 2.02. The summed E-state index contributed by atoms with van der Waals surface area (Å²) in [4.78, 5) is 2.22. The average molecular weight is 402 g/mol. The maximum absolute atomic E-state index is 11.7. The van der Waals surface area contributed by atoms with Crippen molar-refractivity contribution in [1.82, 2.24) is 0 Å². The smallest absolute Gasteiger partial charge is 0.271 e. The first-order valence-corrected chi connectivity index (χ1v) is 9.45. The van der Waals surface area contributed by atoms with Crippen molar-refractivity contribution in [3.63, 3.8) is 0 Å². The normalized spacial score (nSPS) is 22.9. The summed E-state index contributed by atoms with van der Waals surface area (Å²) in [7, 11) is 1.69. The highest BCUT2D eigenvalue weighted by molar-refractivity contribution is 9.10. The number of nitrogens with zero attached hydrogens (tertiary/aromatic N) is 2. The van der Waals surface area contributed by atoms with Crippen LogP contribution < -0.4 is 9.64 Å². The van der Waals surface area contributed by atoms with E-state index in [0.29, 0.717) is 6.54 Å². The lowest BCUT2D eigenvalue weighted by molar-refractivity contribution is -0.661. The Morgan fingerprint density at radius 2 is 1.88 bits per heavy atom. The van der Waals surface area contributed by atoms with Gasteiger partial charge in [-0.3, -0.25) is 0 Å². The molecule has 130 valence electrons. The van der Waals surface area contributed by atoms with Gasteiger partial charge in [-0.15, -0.1) is 0 Å². The maximum atomic E-state index is 11.7. The van der Waals surface area contributed by atoms with Crippen molar-refractivity contribution in [3.8, 4) is 5.75 Å². The van der Waals surface area contributed by atoms with E-state index in [-0.39, 0.29) is 0 Å². The minimum Gasteiger partial charge on any atom is -0.492 e. The third-order valence-corrected chi connectivity index (χ3v) is 5.69. The largest absolute Gasteiger partial charge is 0.492 e. The van der Waals surface area contributed by atoms with E-state index in [0.717, 1.165) is 47.3 Å². The standard InChI is InChI=1S/C20H22BrN2O2/c1-25-18-7-3-2-6-17(18)22-14-20(24,15-9-11-16(21)12-10-15)23-13-5-4-8-19(22)23/h2-3,6-7,9-12,24H,4-5,8,13-14H2,1H3/q+1/t20-/m0/s1. The molecule has 0 unspecified atom stereocenters. The first-order chi connectivity index (χ1) is 12.1. The number of para-hydroxylation sites is 2. The molecule has 2 aromatic carbocycles. The molecule has 0 bridgehead atoms. The van der Waals surface area contributed by atoms with E-state index in [2.05, 4.69) is 31.5 Å². The molecule has 2 aromatic rings. The number of β-amino-alcohol motifs (C(OH)–C–C–N with tert-alkyl or cyclic N) is 1. The van der Waals surface area contributed by atoms with Gasteiger partial charge in [0.05, 0.1) is 13.7 Å². The van der Waals surface area contributed by atoms with Crippen LogP contribution in [-0.4, -0.2) is 35.7 Å². The molecule has 0 spiro atoms. The van der Waals surface area contributed by atoms with Gasteiger partial charge in [0.2, 0.25) is 0 Å². The van der Waals surface area contributed by atoms with Gasteiger partial charge in [-0.25, -0.2) is 9.48 Å². The van der Waals surface area contributed by atoms with Crippen LogP contribution in [0.3, 0.4) is 0 Å². The molecule has 0 aliphatic carbocycles. The quantitative estimate of drug-likeness (QED) is 0.796. The molecule has 1 atom stereocenters. The van der Waals surface area contributed by atoms with Gasteiger partial charge in [0.15, 0.2) is 18.0 Å². The summed E-state index contributed by atoms with van der Waals surface area (Å²) < 4.78 is 8.75. The van der Waals surface area contributed by atoms with E-state index in [9.17, 15) is 5.11 Å². The van der Waals surface area contributed by atoms with Gasteiger partial charge in [0.25, 0.3) is 11.6 Å². The zero-order valence-corrected chi connectivity index (χ0v) is 15.9. The molecule has 0 saturated carbocycles. The predicted molar refractivity (Wildman–Crippen MR) is 102 cm³/mol. The second kappa shape index (κ2) is 6.46. The van der Waals surface area contributed by atoms with Crippen LogP contribution in [0, 0.1) is 0 Å². The maximum Gasteiger partial charge on any atom is 0.271 e. The number of rotatable bonds is 3. The van der Waals surface area contributed by atoms with Crippen molar-refractivity contribution >= 4 is 27.5 Å². The molecule has 2 aliphatic rings. The average Bonchev–Trinajstić information content (AvgIpc) is 2.96. The molecule has 2 aliphatic heterocycles. The van der Waals surface area contributed by atoms with Gasteiger partial charge in [0.1, 0.15) is 0 Å². The number of hydrogen-bond donors (Lipinski definition) is 1. The van der Waals surface area contributed by atoms with Crippen molar-refractivity contribution < 1.29 is 14.4 Å². The van der Waals surface area contributed by atoms with Crippen LogP contribution in [0.2, 0.25) is 0 Å². The topological polar surface area (TPSA) is 35.7 Å². The van der Waals surface area contributed by atoms with E-state index in [1.165, 1.54) is 5.84 Å². The highest BCUT2D eigenvalue weighted by atomic mass is 79.9. The number of halogens is 1. The van der Waals surface area contributed by atoms with Gasteiger partial charge in [0, 0.05) is 16.5 Å². The Morgan fingerprint density at radius 1 is 1.12 bits per heavy atom. The van der Waals surface area contributed by atoms with Crippen LogP contribution in [-0.2, 0) is 5.72 Å². The van der Waals surface area contributed by atoms with Crippen molar-refractivity contribution in [3.05, 3.63) is 58.6 Å². The zero-order valence-electron chi connectivity index (χ0n) is 14.3. The van der Waals surface area contributed by atoms with E-state index in [4.69, 9.17) is 4.74 Å². The highest BCUT2D eigenvalue weighted by Crippen LogP contribution is 2.39. The Labute approximate surface area is 156 Å². The summed E-state index contributed by atoms with van der Waals surface area (Å²) in [5.41, 5.74) is 0.921. The molecule has 4 nitrogen and oxygen atoms in total. The van der Waals surface area contributed by atoms with Gasteiger partial charge in [-0.2, -0.15) is 0 Å². The van der Waals surface area contributed by atoms with Crippen molar-refractivity contribution in [2.45, 2.75) is 25.0 Å². The molecule has 0 fully saturated rings. The number of benzene rings is 2. The predicted octanol–water partition coefficient (Wildman–Crippen LogP) is 3.72. The van der Waals surface area contributed by atoms with Gasteiger partial charge < -0.3 is 9.84 Å². The first kappa shape index (κ1) is 16.6. The second-order valence-corrected chi connectivity index (χ2v) is 7.52. The molecular formula is C20H22BrN2O2+. The van der Waals surface area contributed by atoms with Crippen LogP contribution in [0.15, 0.2) is 53.0 Å². The van der Waals surface area contributed by atoms with Crippen LogP contribution in [0.4, 0.5) is 5.69 Å². The lowest BCUT2D eigenvalue weighted by Gasteiger charge is -2.24. The number of aliphatic hydroxyl groups is 1. The summed E-state index contributed by atoms with van der Waals surface area (Å²) in [6, 6.07) is 16.0. The third-order valence-electron chi connectivity index (χ3n) is 5.16. The fourth-order valence-corrected chi connectivity index (χ4v) is 4.20. The van der Waals surface area contributed by atoms with E-state index in [1.807, 2.05) is 42.5 Å². The number of anilines is 1. The Bertz CT molecular complexity index is 819. The summed E-state index contributed by atoms with van der Waals surface area (Å²) in [6.45, 7) is 1.37. The summed E-state index contributed by atoms with van der Waals surface area (Å²) >= 11 is 3.48. The highest BCUT2D eigenvalue weighted by Gasteiger charge is 2.52. The monoisotopic (exact) mass is 401 g/mol. The molecule has 1 N–H and O–H groups in total. The molecule has 0 saturated heterocycles. The minimum absolute atomic E-state index is 0.504. The Morgan fingerprint density at radius 3 is 2.64 bits per heavy atom. The Kier molecular flexibility index (Phi) is 4.29. The van der Waals surface area contributed by atoms with E-state index < -0.39 is 5.72 Å². The number of hydrogen-bond acceptors (Lipinski definition) is 3. The van der Waals surface area contributed by atoms with Crippen LogP contribution in [0.5, 0.6) is 5.75 Å². The van der Waals surface area contributed by atoms with Crippen molar-refractivity contribution in [2.24, 2.45) is 0 Å². The van der Waals surface area contributed by atoms with Crippen molar-refractivity contribution in [2.75, 3.05) is 25.1 Å². The minimum atomic E-state index is -1.02. The molecule has 0 amide bonds. The van der Waals surface area contributed by atoms with Crippen LogP contribution in [0.1, 0.15) is 24.8 Å². The molecule has 0 radical (unpaired) electrons. The zero-order chi connectivity index (χ0) is 17.4. The van der Waals surface area contributed by atoms with Gasteiger partial charge in [-0.1, -0.05) is 40.2 Å². The molecule has 25 heavy (non-hydrogen) atoms. The van der Waals surface area contributed by atoms with Crippen LogP contribution >= 0.6 is 15.9 Å². The number of amidine groups is 1. The fourth-order valence-electron chi connectivity index (χ4n) is 3.93. The van der Waals surface area contributed by atoms with Gasteiger partial charge >= 0.3 is 0 Å². The SMILES string of the molecule is COc1ccccc1N1C[C@](O)(c2ccc(Br)cc2)[N+]2=C1CCCC2. The molecular weight excluding hydrogens is 380 g/mol. The van der Waals surface area contributed by atoms with Crippen molar-refractivity contribution in [1.29, 1.82) is 0 Å². The Balaban J connectivity index is 1.82. The molecule has 5 heteroatoms. The Hall–Kier alpha value is -1.85. The lowest BCUT2D eigenvalue weighted by Crippen LogP contribution is -2.41. The van der Waals surface area contributed by atoms with Gasteiger partial charge in [-0.05, 0) is 37.1 Å². The lowest BCUT2D eigenvalue weighted by atomic mass is 10.0. The van der Waals surface area contributed by atoms with Crippen LogP contribution in [0.25, 0.3) is 0 Å². The molecule has 0 aromatic heterocycles.